The van der Waals surface area contributed by atoms with Crippen molar-refractivity contribution in [3.63, 3.8) is 0 Å². The molecule has 0 bridgehead atoms. The van der Waals surface area contributed by atoms with Crippen molar-refractivity contribution in [3.05, 3.63) is 98.7 Å². The summed E-state index contributed by atoms with van der Waals surface area (Å²) in [6, 6.07) is 10.9. The highest BCUT2D eigenvalue weighted by Crippen LogP contribution is 2.46. The van der Waals surface area contributed by atoms with Crippen LogP contribution in [0.25, 0.3) is 6.08 Å². The van der Waals surface area contributed by atoms with Crippen LogP contribution in [-0.4, -0.2) is 46.6 Å². The van der Waals surface area contributed by atoms with E-state index < -0.39 is 29.5 Å². The number of nitrogens with zero attached hydrogens (tertiary/aromatic N) is 2. The Labute approximate surface area is 236 Å². The maximum atomic E-state index is 13.5. The van der Waals surface area contributed by atoms with Gasteiger partial charge in [0.15, 0.2) is 28.2 Å². The van der Waals surface area contributed by atoms with Gasteiger partial charge in [0.2, 0.25) is 0 Å². The lowest BCUT2D eigenvalue weighted by molar-refractivity contribution is -0.117. The molecule has 1 aliphatic rings. The highest BCUT2D eigenvalue weighted by molar-refractivity contribution is 9.10. The summed E-state index contributed by atoms with van der Waals surface area (Å²) in [4.78, 5) is 45.1. The van der Waals surface area contributed by atoms with Crippen molar-refractivity contribution >= 4 is 56.1 Å². The van der Waals surface area contributed by atoms with E-state index in [1.807, 2.05) is 18.2 Å². The number of esters is 1. The lowest BCUT2D eigenvalue weighted by Gasteiger charge is -2.25. The van der Waals surface area contributed by atoms with Gasteiger partial charge in [0.25, 0.3) is 5.91 Å². The van der Waals surface area contributed by atoms with Crippen LogP contribution in [0.15, 0.2) is 77.0 Å². The molecule has 39 heavy (non-hydrogen) atoms. The number of aryl methyl sites for hydroxylation is 1. The molecule has 1 atom stereocenters. The zero-order valence-electron chi connectivity index (χ0n) is 20.9. The van der Waals surface area contributed by atoms with Crippen LogP contribution >= 0.6 is 27.3 Å². The van der Waals surface area contributed by atoms with Crippen LogP contribution in [0.4, 0.5) is 5.13 Å². The monoisotopic (exact) mass is 610 g/mol. The predicted molar refractivity (Wildman–Crippen MR) is 150 cm³/mol. The topological polar surface area (TPSA) is 126 Å². The average molecular weight is 611 g/mol. The van der Waals surface area contributed by atoms with Gasteiger partial charge in [0.05, 0.1) is 28.9 Å². The molecule has 2 aromatic carbocycles. The second kappa shape index (κ2) is 11.7. The second-order valence-corrected chi connectivity index (χ2v) is 10.1. The Morgan fingerprint density at radius 1 is 1.23 bits per heavy atom. The number of aliphatic hydroxyl groups excluding tert-OH is 1. The van der Waals surface area contributed by atoms with E-state index in [1.54, 1.807) is 25.1 Å². The average Bonchev–Trinajstić information content (AvgIpc) is 3.44. The first-order valence-corrected chi connectivity index (χ1v) is 13.1. The maximum Gasteiger partial charge on any atom is 0.350 e. The molecule has 9 nitrogen and oxygen atoms in total. The van der Waals surface area contributed by atoms with Crippen molar-refractivity contribution in [1.29, 1.82) is 0 Å². The fourth-order valence-corrected chi connectivity index (χ4v) is 5.42. The Hall–Kier alpha value is -4.22. The summed E-state index contributed by atoms with van der Waals surface area (Å²) < 4.78 is 10.6. The van der Waals surface area contributed by atoms with Crippen molar-refractivity contribution in [2.45, 2.75) is 13.0 Å². The molecule has 200 valence electrons. The first-order valence-electron chi connectivity index (χ1n) is 11.5. The van der Waals surface area contributed by atoms with Crippen LogP contribution in [0.5, 0.6) is 11.5 Å². The Morgan fingerprint density at radius 3 is 2.62 bits per heavy atom. The third-order valence-electron chi connectivity index (χ3n) is 5.80. The number of methoxy groups -OCH3 is 1. The van der Waals surface area contributed by atoms with E-state index >= 15 is 0 Å². The van der Waals surface area contributed by atoms with E-state index in [-0.39, 0.29) is 38.2 Å². The molecule has 3 aromatic rings. The largest absolute Gasteiger partial charge is 0.503 e. The van der Waals surface area contributed by atoms with E-state index in [1.165, 1.54) is 31.4 Å². The van der Waals surface area contributed by atoms with E-state index in [2.05, 4.69) is 27.5 Å². The molecule has 0 spiro atoms. The molecule has 1 aromatic heterocycles. The van der Waals surface area contributed by atoms with Crippen LogP contribution < -0.4 is 9.64 Å². The summed E-state index contributed by atoms with van der Waals surface area (Å²) in [5.41, 5.74) is 1.20. The molecule has 2 heterocycles. The number of ether oxygens (including phenoxy) is 2. The van der Waals surface area contributed by atoms with Gasteiger partial charge in [-0.05, 0) is 52.2 Å². The Kier molecular flexibility index (Phi) is 8.32. The Morgan fingerprint density at radius 2 is 1.95 bits per heavy atom. The highest BCUT2D eigenvalue weighted by Gasteiger charge is 2.46. The molecule has 2 N–H and O–H groups in total. The smallest absolute Gasteiger partial charge is 0.350 e. The molecule has 11 heteroatoms. The van der Waals surface area contributed by atoms with E-state index in [4.69, 9.17) is 9.47 Å². The summed E-state index contributed by atoms with van der Waals surface area (Å²) in [6.07, 6.45) is 4.26. The number of aromatic nitrogens is 1. The minimum atomic E-state index is -1.15. The number of amides is 1. The number of benzene rings is 2. The zero-order chi connectivity index (χ0) is 28.3. The second-order valence-electron chi connectivity index (χ2n) is 8.30. The summed E-state index contributed by atoms with van der Waals surface area (Å²) >= 11 is 4.16. The Balaban J connectivity index is 1.84. The number of carbonyl (C=O) groups excluding carboxylic acids is 3. The molecule has 0 saturated carbocycles. The first-order chi connectivity index (χ1) is 18.7. The van der Waals surface area contributed by atoms with Gasteiger partial charge in [-0.3, -0.25) is 14.5 Å². The first kappa shape index (κ1) is 27.8. The molecular formula is C28H23BrN2O7S. The van der Waals surface area contributed by atoms with E-state index in [0.29, 0.717) is 11.3 Å². The molecule has 0 saturated heterocycles. The number of allylic oxidation sites excluding steroid dienone is 1. The molecule has 0 aliphatic carbocycles. The standard InChI is InChI=1S/C28H23BrN2O7S/c1-4-12-38-27(36)25-15(2)30-28(39-25)31-22(17-13-18(29)23(33)20(14-17)37-3)21(24(34)26(31)35)19(32)11-10-16-8-6-5-7-9-16/h4-11,13-14,22,33-34H,1,12H2,2-3H3/b11-10+. The van der Waals surface area contributed by atoms with Crippen molar-refractivity contribution in [1.82, 2.24) is 4.98 Å². The zero-order valence-corrected chi connectivity index (χ0v) is 23.3. The van der Waals surface area contributed by atoms with Gasteiger partial charge in [-0.25, -0.2) is 9.78 Å². The van der Waals surface area contributed by atoms with Gasteiger partial charge in [-0.2, -0.15) is 0 Å². The number of rotatable bonds is 9. The molecular weight excluding hydrogens is 588 g/mol. The lowest BCUT2D eigenvalue weighted by atomic mass is 9.95. The van der Waals surface area contributed by atoms with Crippen molar-refractivity contribution < 1.29 is 34.1 Å². The van der Waals surface area contributed by atoms with Crippen molar-refractivity contribution in [2.24, 2.45) is 0 Å². The quantitative estimate of drug-likeness (QED) is 0.186. The molecule has 0 radical (unpaired) electrons. The van der Waals surface area contributed by atoms with Crippen LogP contribution in [0.1, 0.15) is 32.5 Å². The number of thiazole rings is 1. The minimum Gasteiger partial charge on any atom is -0.503 e. The number of carbonyl (C=O) groups is 3. The minimum absolute atomic E-state index is 0.00709. The van der Waals surface area contributed by atoms with Gasteiger partial charge in [0, 0.05) is 0 Å². The van der Waals surface area contributed by atoms with Gasteiger partial charge in [0.1, 0.15) is 11.5 Å². The van der Waals surface area contributed by atoms with Crippen LogP contribution in [0.2, 0.25) is 0 Å². The fraction of sp³-hybridized carbons (Fsp3) is 0.143. The number of phenolic OH excluding ortho intramolecular Hbond substituents is 1. The molecule has 1 amide bonds. The van der Waals surface area contributed by atoms with Crippen LogP contribution in [0, 0.1) is 6.92 Å². The number of aromatic hydroxyl groups is 1. The van der Waals surface area contributed by atoms with Gasteiger partial charge in [-0.15, -0.1) is 0 Å². The van der Waals surface area contributed by atoms with Crippen molar-refractivity contribution in [3.8, 4) is 11.5 Å². The molecule has 1 unspecified atom stereocenters. The number of hydrogen-bond donors (Lipinski definition) is 2. The number of halogens is 1. The molecule has 0 fully saturated rings. The highest BCUT2D eigenvalue weighted by atomic mass is 79.9. The molecule has 4 rings (SSSR count). The van der Waals surface area contributed by atoms with Gasteiger partial charge < -0.3 is 19.7 Å². The lowest BCUT2D eigenvalue weighted by Crippen LogP contribution is -2.31. The number of ketones is 1. The summed E-state index contributed by atoms with van der Waals surface area (Å²) in [5, 5.41) is 21.4. The summed E-state index contributed by atoms with van der Waals surface area (Å²) in [6.45, 7) is 5.10. The normalized spacial score (nSPS) is 15.2. The third-order valence-corrected chi connectivity index (χ3v) is 7.54. The number of aliphatic hydroxyl groups is 1. The van der Waals surface area contributed by atoms with Gasteiger partial charge >= 0.3 is 5.97 Å². The number of anilines is 1. The van der Waals surface area contributed by atoms with Gasteiger partial charge in [-0.1, -0.05) is 60.4 Å². The third kappa shape index (κ3) is 5.50. The number of hydrogen-bond acceptors (Lipinski definition) is 9. The summed E-state index contributed by atoms with van der Waals surface area (Å²) in [7, 11) is 1.36. The van der Waals surface area contributed by atoms with E-state index in [0.717, 1.165) is 21.8 Å². The SMILES string of the molecule is C=CCOC(=O)c1sc(N2C(=O)C(O)=C(C(=O)/C=C/c3ccccc3)C2c2cc(Br)c(O)c(OC)c2)nc1C. The Bertz CT molecular complexity index is 1530. The van der Waals surface area contributed by atoms with E-state index in [9.17, 15) is 24.6 Å². The van der Waals surface area contributed by atoms with Crippen LogP contribution in [-0.2, 0) is 14.3 Å². The maximum absolute atomic E-state index is 13.5. The predicted octanol–water partition coefficient (Wildman–Crippen LogP) is 5.45. The van der Waals surface area contributed by atoms with Crippen molar-refractivity contribution in [2.75, 3.05) is 18.6 Å². The summed E-state index contributed by atoms with van der Waals surface area (Å²) in [5.74, 6) is -2.99. The number of phenols is 1. The fourth-order valence-electron chi connectivity index (χ4n) is 3.98. The van der Waals surface area contributed by atoms with Crippen LogP contribution in [0.3, 0.4) is 0 Å². The molecule has 1 aliphatic heterocycles.